The van der Waals surface area contributed by atoms with Gasteiger partial charge >= 0.3 is 7.12 Å². The molecule has 0 bridgehead atoms. The van der Waals surface area contributed by atoms with E-state index in [1.54, 1.807) is 0 Å². The monoisotopic (exact) mass is 359 g/mol. The molecule has 1 aliphatic heterocycles. The quantitative estimate of drug-likeness (QED) is 0.748. The van der Waals surface area contributed by atoms with Crippen molar-refractivity contribution in [3.05, 3.63) is 35.9 Å². The van der Waals surface area contributed by atoms with Crippen molar-refractivity contribution < 1.29 is 14.1 Å². The highest BCUT2D eigenvalue weighted by atomic mass is 16.7. The van der Waals surface area contributed by atoms with Crippen LogP contribution in [0.4, 0.5) is 0 Å². The Morgan fingerprint density at radius 1 is 1.04 bits per heavy atom. The zero-order valence-corrected chi connectivity index (χ0v) is 17.3. The molecule has 0 radical (unpaired) electrons. The molecule has 1 amide bonds. The summed E-state index contributed by atoms with van der Waals surface area (Å²) in [6, 6.07) is 10.1. The Bertz CT molecular complexity index is 585. The molecule has 1 aliphatic rings. The molecule has 26 heavy (non-hydrogen) atoms. The summed E-state index contributed by atoms with van der Waals surface area (Å²) in [6.45, 7) is 14.4. The summed E-state index contributed by atoms with van der Waals surface area (Å²) in [5.74, 6) is 0.231. The lowest BCUT2D eigenvalue weighted by Gasteiger charge is -2.32. The lowest BCUT2D eigenvalue weighted by Crippen LogP contribution is -2.50. The molecule has 4 nitrogen and oxygen atoms in total. The number of carbonyl (C=O) groups excluding carboxylic acids is 1. The Hall–Kier alpha value is -1.33. The Kier molecular flexibility index (Phi) is 6.57. The molecule has 2 rings (SSSR count). The Morgan fingerprint density at radius 3 is 2.08 bits per heavy atom. The number of amides is 1. The zero-order chi connectivity index (χ0) is 19.5. The van der Waals surface area contributed by atoms with Crippen LogP contribution in [0, 0.1) is 11.8 Å². The topological polar surface area (TPSA) is 47.6 Å². The number of hydrogen-bond acceptors (Lipinski definition) is 3. The molecule has 0 saturated carbocycles. The molecule has 1 aromatic rings. The van der Waals surface area contributed by atoms with Crippen molar-refractivity contribution in [1.82, 2.24) is 5.32 Å². The average molecular weight is 359 g/mol. The van der Waals surface area contributed by atoms with Gasteiger partial charge in [-0.05, 0) is 52.0 Å². The highest BCUT2D eigenvalue weighted by molar-refractivity contribution is 6.48. The minimum atomic E-state index is -0.421. The minimum Gasteiger partial charge on any atom is -0.402 e. The van der Waals surface area contributed by atoms with Gasteiger partial charge in [0.2, 0.25) is 5.91 Å². The van der Waals surface area contributed by atoms with E-state index in [9.17, 15) is 4.79 Å². The van der Waals surface area contributed by atoms with Crippen LogP contribution in [0.3, 0.4) is 0 Å². The number of carbonyl (C=O) groups is 1. The van der Waals surface area contributed by atoms with Gasteiger partial charge in [-0.25, -0.2) is 0 Å². The van der Waals surface area contributed by atoms with Gasteiger partial charge in [-0.15, -0.1) is 0 Å². The maximum absolute atomic E-state index is 12.8. The van der Waals surface area contributed by atoms with E-state index in [0.29, 0.717) is 5.92 Å². The first-order valence-corrected chi connectivity index (χ1v) is 9.72. The summed E-state index contributed by atoms with van der Waals surface area (Å²) in [7, 11) is -0.421. The molecule has 0 aliphatic carbocycles. The van der Waals surface area contributed by atoms with E-state index in [4.69, 9.17) is 9.31 Å². The van der Waals surface area contributed by atoms with Crippen molar-refractivity contribution in [2.75, 3.05) is 0 Å². The molecule has 1 heterocycles. The van der Waals surface area contributed by atoms with Crippen LogP contribution in [0.5, 0.6) is 0 Å². The molecular formula is C21H34BNO3. The Balaban J connectivity index is 2.04. The summed E-state index contributed by atoms with van der Waals surface area (Å²) < 4.78 is 12.4. The normalized spacial score (nSPS) is 20.8. The van der Waals surface area contributed by atoms with Crippen molar-refractivity contribution in [1.29, 1.82) is 0 Å². The average Bonchev–Trinajstić information content (AvgIpc) is 2.75. The number of nitrogens with one attached hydrogen (secondary N) is 1. The molecule has 1 aromatic carbocycles. The van der Waals surface area contributed by atoms with Crippen LogP contribution in [-0.2, 0) is 20.5 Å². The second-order valence-corrected chi connectivity index (χ2v) is 8.96. The van der Waals surface area contributed by atoms with Crippen molar-refractivity contribution in [3.8, 4) is 0 Å². The Labute approximate surface area is 159 Å². The predicted octanol–water partition coefficient (Wildman–Crippen LogP) is 4.03. The van der Waals surface area contributed by atoms with Crippen LogP contribution in [-0.4, -0.2) is 30.2 Å². The van der Waals surface area contributed by atoms with Gasteiger partial charge in [-0.1, -0.05) is 51.1 Å². The van der Waals surface area contributed by atoms with Crippen LogP contribution < -0.4 is 5.32 Å². The van der Waals surface area contributed by atoms with Gasteiger partial charge in [0.25, 0.3) is 0 Å². The first-order valence-electron chi connectivity index (χ1n) is 9.72. The van der Waals surface area contributed by atoms with Gasteiger partial charge in [0, 0.05) is 5.92 Å². The van der Waals surface area contributed by atoms with E-state index in [2.05, 4.69) is 31.3 Å². The lowest BCUT2D eigenvalue weighted by molar-refractivity contribution is -0.125. The van der Waals surface area contributed by atoms with Crippen LogP contribution >= 0.6 is 0 Å². The van der Waals surface area contributed by atoms with E-state index in [1.807, 2.05) is 52.8 Å². The minimum absolute atomic E-state index is 0.0502. The van der Waals surface area contributed by atoms with E-state index >= 15 is 0 Å². The standard InChI is InChI=1S/C21H34BNO3/c1-15(2)13-18(22-25-20(4,5)21(6,7)26-22)23-19(24)16(3)14-17-11-9-8-10-12-17/h8-12,15-16,18H,13-14H2,1-7H3,(H,23,24)/t16-,18-/m0/s1. The summed E-state index contributed by atoms with van der Waals surface area (Å²) in [4.78, 5) is 12.8. The van der Waals surface area contributed by atoms with Gasteiger partial charge in [0.1, 0.15) is 0 Å². The van der Waals surface area contributed by atoms with Crippen LogP contribution in [0.15, 0.2) is 30.3 Å². The fourth-order valence-electron chi connectivity index (χ4n) is 3.18. The molecule has 144 valence electrons. The molecule has 5 heteroatoms. The molecule has 0 spiro atoms. The van der Waals surface area contributed by atoms with Crippen LogP contribution in [0.25, 0.3) is 0 Å². The largest absolute Gasteiger partial charge is 0.481 e. The molecule has 1 fully saturated rings. The number of hydrogen-bond donors (Lipinski definition) is 1. The molecule has 0 aromatic heterocycles. The highest BCUT2D eigenvalue weighted by Crippen LogP contribution is 2.38. The van der Waals surface area contributed by atoms with E-state index < -0.39 is 18.3 Å². The second kappa shape index (κ2) is 8.14. The SMILES string of the molecule is CC(C)C[C@H](NC(=O)[C@@H](C)Cc1ccccc1)B1OC(C)(C)C(C)(C)O1. The van der Waals surface area contributed by atoms with E-state index in [1.165, 1.54) is 5.56 Å². The third-order valence-electron chi connectivity index (χ3n) is 5.49. The van der Waals surface area contributed by atoms with Crippen molar-refractivity contribution in [3.63, 3.8) is 0 Å². The number of rotatable bonds is 7. The smallest absolute Gasteiger partial charge is 0.402 e. The highest BCUT2D eigenvalue weighted by Gasteiger charge is 2.54. The van der Waals surface area contributed by atoms with Crippen LogP contribution in [0.2, 0.25) is 0 Å². The summed E-state index contributed by atoms with van der Waals surface area (Å²) >= 11 is 0. The lowest BCUT2D eigenvalue weighted by atomic mass is 9.73. The molecular weight excluding hydrogens is 325 g/mol. The molecule has 2 atom stereocenters. The third-order valence-corrected chi connectivity index (χ3v) is 5.49. The Morgan fingerprint density at radius 2 is 1.58 bits per heavy atom. The first kappa shape index (κ1) is 21.0. The molecule has 1 saturated heterocycles. The van der Waals surface area contributed by atoms with Crippen molar-refractivity contribution >= 4 is 13.0 Å². The first-order chi connectivity index (χ1) is 12.0. The van der Waals surface area contributed by atoms with E-state index in [-0.39, 0.29) is 17.8 Å². The van der Waals surface area contributed by atoms with Gasteiger partial charge in [-0.3, -0.25) is 4.79 Å². The predicted molar refractivity (Wildman–Crippen MR) is 107 cm³/mol. The summed E-state index contributed by atoms with van der Waals surface area (Å²) in [5.41, 5.74) is 0.381. The van der Waals surface area contributed by atoms with Gasteiger partial charge in [0.15, 0.2) is 0 Å². The van der Waals surface area contributed by atoms with Gasteiger partial charge < -0.3 is 14.6 Å². The van der Waals surface area contributed by atoms with Crippen molar-refractivity contribution in [2.24, 2.45) is 11.8 Å². The second-order valence-electron chi connectivity index (χ2n) is 8.96. The molecule has 1 N–H and O–H groups in total. The molecule has 0 unspecified atom stereocenters. The maximum atomic E-state index is 12.8. The van der Waals surface area contributed by atoms with Gasteiger partial charge in [-0.2, -0.15) is 0 Å². The summed E-state index contributed by atoms with van der Waals surface area (Å²) in [6.07, 6.45) is 1.55. The van der Waals surface area contributed by atoms with Crippen molar-refractivity contribution in [2.45, 2.75) is 78.5 Å². The fraction of sp³-hybridized carbons (Fsp3) is 0.667. The summed E-state index contributed by atoms with van der Waals surface area (Å²) in [5, 5.41) is 3.20. The zero-order valence-electron chi connectivity index (χ0n) is 17.3. The van der Waals surface area contributed by atoms with E-state index in [0.717, 1.165) is 12.8 Å². The van der Waals surface area contributed by atoms with Crippen LogP contribution in [0.1, 0.15) is 60.5 Å². The van der Waals surface area contributed by atoms with Gasteiger partial charge in [0.05, 0.1) is 17.1 Å². The third kappa shape index (κ3) is 5.11. The fourth-order valence-corrected chi connectivity index (χ4v) is 3.18. The number of benzene rings is 1. The maximum Gasteiger partial charge on any atom is 0.481 e.